The van der Waals surface area contributed by atoms with E-state index in [2.05, 4.69) is 136 Å². The largest absolute Gasteiger partial charge is 0.353 e. The third-order valence-corrected chi connectivity index (χ3v) is 12.7. The second-order valence-electron chi connectivity index (χ2n) is 13.0. The van der Waals surface area contributed by atoms with Crippen LogP contribution in [0.4, 0.5) is 11.4 Å². The molecule has 0 spiro atoms. The van der Waals surface area contributed by atoms with Gasteiger partial charge in [-0.25, -0.2) is 0 Å². The Labute approximate surface area is 246 Å². The number of benzene rings is 4. The van der Waals surface area contributed by atoms with Crippen molar-refractivity contribution in [2.75, 3.05) is 26.7 Å². The summed E-state index contributed by atoms with van der Waals surface area (Å²) in [6, 6.07) is 18.4. The van der Waals surface area contributed by atoms with E-state index in [0.717, 1.165) is 11.4 Å². The average molecular weight is 582 g/mol. The number of rotatable bonds is 4. The Morgan fingerprint density at radius 3 is 1.05 bits per heavy atom. The molecule has 5 aromatic rings. The van der Waals surface area contributed by atoms with Crippen LogP contribution in [0.2, 0.25) is 0 Å². The lowest BCUT2D eigenvalue weighted by atomic mass is 10.1. The first-order valence-corrected chi connectivity index (χ1v) is 19.7. The number of fused-ring (bicyclic) bond motifs is 3. The minimum absolute atomic E-state index is 1.14. The van der Waals surface area contributed by atoms with Crippen molar-refractivity contribution in [2.24, 2.45) is 9.49 Å². The lowest BCUT2D eigenvalue weighted by Crippen LogP contribution is -2.07. The Morgan fingerprint density at radius 2 is 0.732 bits per heavy atom. The zero-order chi connectivity index (χ0) is 30.0. The van der Waals surface area contributed by atoms with Crippen molar-refractivity contribution in [3.63, 3.8) is 0 Å². The Kier molecular flexibility index (Phi) is 7.55. The molecule has 4 aromatic carbocycles. The highest BCUT2D eigenvalue weighted by molar-refractivity contribution is 7.73. The standard InChI is InChI=1S/C36H45N3P2/c1-21-13-25(5)33(26(6)14-21)38-40(9,10)31-19-23(3)17-29-30-18-24(4)20-32(36(30)37-35(29)31)41(11,12)39-34-27(7)15-22(2)16-28(34)8/h13-20,37H,1-12H3. The number of hydrogen-bond acceptors (Lipinski definition) is 2. The highest BCUT2D eigenvalue weighted by atomic mass is 31.2. The second-order valence-corrected chi connectivity index (χ2v) is 20.0. The maximum absolute atomic E-state index is 5.51. The fourth-order valence-electron chi connectivity index (χ4n) is 6.48. The van der Waals surface area contributed by atoms with Crippen LogP contribution in [0.3, 0.4) is 0 Å². The lowest BCUT2D eigenvalue weighted by molar-refractivity contribution is 1.29. The maximum Gasteiger partial charge on any atom is 0.0675 e. The van der Waals surface area contributed by atoms with E-state index in [1.807, 2.05) is 0 Å². The minimum atomic E-state index is -1.87. The predicted octanol–water partition coefficient (Wildman–Crippen LogP) is 10.6. The van der Waals surface area contributed by atoms with Crippen LogP contribution in [-0.4, -0.2) is 31.6 Å². The van der Waals surface area contributed by atoms with E-state index < -0.39 is 14.1 Å². The van der Waals surface area contributed by atoms with Gasteiger partial charge in [-0.05, 0) is 140 Å². The van der Waals surface area contributed by atoms with Crippen LogP contribution in [0.25, 0.3) is 21.8 Å². The Hall–Kier alpha value is -2.86. The lowest BCUT2D eigenvalue weighted by Gasteiger charge is -2.19. The molecule has 0 amide bonds. The van der Waals surface area contributed by atoms with Crippen molar-refractivity contribution in [1.29, 1.82) is 0 Å². The van der Waals surface area contributed by atoms with E-state index in [-0.39, 0.29) is 0 Å². The highest BCUT2D eigenvalue weighted by Crippen LogP contribution is 2.50. The molecule has 41 heavy (non-hydrogen) atoms. The SMILES string of the molecule is Cc1cc(C)c(N=P(C)(C)c2cc(C)cc3c2[nH]c2c(P(C)(C)=Nc4c(C)cc(C)cc4C)cc(C)cc23)c(C)c1. The molecule has 0 bridgehead atoms. The Morgan fingerprint density at radius 1 is 0.439 bits per heavy atom. The van der Waals surface area contributed by atoms with Gasteiger partial charge in [-0.1, -0.05) is 35.4 Å². The number of aromatic amines is 1. The van der Waals surface area contributed by atoms with Gasteiger partial charge in [0.1, 0.15) is 0 Å². The summed E-state index contributed by atoms with van der Waals surface area (Å²) in [4.78, 5) is 3.97. The van der Waals surface area contributed by atoms with Crippen LogP contribution in [0.5, 0.6) is 0 Å². The number of nitrogens with zero attached hydrogens (tertiary/aromatic N) is 2. The number of aryl methyl sites for hydroxylation is 8. The van der Waals surface area contributed by atoms with Crippen LogP contribution in [-0.2, 0) is 0 Å². The van der Waals surface area contributed by atoms with E-state index in [9.17, 15) is 0 Å². The molecule has 0 radical (unpaired) electrons. The first kappa shape index (κ1) is 29.6. The van der Waals surface area contributed by atoms with Gasteiger partial charge in [0, 0.05) is 35.5 Å². The van der Waals surface area contributed by atoms with Crippen molar-refractivity contribution in [3.05, 3.63) is 93.0 Å². The molecule has 0 atom stereocenters. The summed E-state index contributed by atoms with van der Waals surface area (Å²) in [5.74, 6) is 0. The van der Waals surface area contributed by atoms with Gasteiger partial charge < -0.3 is 4.98 Å². The molecule has 0 unspecified atom stereocenters. The molecule has 5 rings (SSSR count). The molecule has 0 saturated carbocycles. The van der Waals surface area contributed by atoms with Crippen LogP contribution in [0, 0.1) is 55.4 Å². The minimum Gasteiger partial charge on any atom is -0.353 e. The summed E-state index contributed by atoms with van der Waals surface area (Å²) >= 11 is 0. The van der Waals surface area contributed by atoms with Gasteiger partial charge in [0.05, 0.1) is 22.4 Å². The molecule has 1 heterocycles. The van der Waals surface area contributed by atoms with Gasteiger partial charge >= 0.3 is 0 Å². The molecular weight excluding hydrogens is 536 g/mol. The van der Waals surface area contributed by atoms with Crippen LogP contribution in [0.15, 0.2) is 58.0 Å². The molecule has 1 aromatic heterocycles. The van der Waals surface area contributed by atoms with Crippen LogP contribution >= 0.6 is 14.1 Å². The summed E-state index contributed by atoms with van der Waals surface area (Å²) in [7, 11) is -3.75. The molecule has 3 nitrogen and oxygen atoms in total. The number of nitrogens with one attached hydrogen (secondary N) is 1. The first-order chi connectivity index (χ1) is 19.1. The van der Waals surface area contributed by atoms with Gasteiger partial charge in [0.25, 0.3) is 0 Å². The summed E-state index contributed by atoms with van der Waals surface area (Å²) in [6.45, 7) is 26.9. The molecule has 1 N–H and O–H groups in total. The van der Waals surface area contributed by atoms with Gasteiger partial charge in [0.15, 0.2) is 0 Å². The molecule has 0 aliphatic carbocycles. The predicted molar refractivity (Wildman–Crippen MR) is 188 cm³/mol. The highest BCUT2D eigenvalue weighted by Gasteiger charge is 2.23. The average Bonchev–Trinajstić information content (AvgIpc) is 3.20. The molecule has 0 fully saturated rings. The first-order valence-electron chi connectivity index (χ1n) is 14.5. The fourth-order valence-corrected chi connectivity index (χ4v) is 10.8. The third-order valence-electron chi connectivity index (χ3n) is 8.21. The van der Waals surface area contributed by atoms with Crippen molar-refractivity contribution < 1.29 is 0 Å². The van der Waals surface area contributed by atoms with E-state index in [0.29, 0.717) is 0 Å². The summed E-state index contributed by atoms with van der Waals surface area (Å²) in [5.41, 5.74) is 14.9. The molecule has 0 aliphatic heterocycles. The van der Waals surface area contributed by atoms with Crippen molar-refractivity contribution in [1.82, 2.24) is 4.98 Å². The zero-order valence-corrected chi connectivity index (χ0v) is 28.7. The van der Waals surface area contributed by atoms with E-state index in [4.69, 9.17) is 9.49 Å². The smallest absolute Gasteiger partial charge is 0.0675 e. The Balaban J connectivity index is 1.82. The van der Waals surface area contributed by atoms with Crippen LogP contribution < -0.4 is 10.6 Å². The van der Waals surface area contributed by atoms with Gasteiger partial charge in [-0.15, -0.1) is 0 Å². The van der Waals surface area contributed by atoms with Gasteiger partial charge in [-0.2, -0.15) is 0 Å². The van der Waals surface area contributed by atoms with E-state index in [1.165, 1.54) is 76.9 Å². The molecule has 0 saturated heterocycles. The summed E-state index contributed by atoms with van der Waals surface area (Å²) in [6.07, 6.45) is 0. The topological polar surface area (TPSA) is 40.5 Å². The molecular formula is C36H45N3P2. The molecule has 5 heteroatoms. The molecule has 214 valence electrons. The second kappa shape index (κ2) is 10.4. The number of H-pyrrole nitrogens is 1. The Bertz CT molecular complexity index is 1790. The monoisotopic (exact) mass is 581 g/mol. The van der Waals surface area contributed by atoms with Crippen molar-refractivity contribution in [2.45, 2.75) is 55.4 Å². The summed E-state index contributed by atoms with van der Waals surface area (Å²) in [5, 5.41) is 5.27. The fraction of sp³-hybridized carbons (Fsp3) is 0.333. The molecule has 0 aliphatic rings. The van der Waals surface area contributed by atoms with E-state index >= 15 is 0 Å². The quantitative estimate of drug-likeness (QED) is 0.205. The van der Waals surface area contributed by atoms with E-state index in [1.54, 1.807) is 0 Å². The van der Waals surface area contributed by atoms with Gasteiger partial charge in [-0.3, -0.25) is 9.49 Å². The number of aromatic nitrogens is 1. The zero-order valence-electron chi connectivity index (χ0n) is 26.9. The van der Waals surface area contributed by atoms with Crippen molar-refractivity contribution >= 4 is 57.9 Å². The van der Waals surface area contributed by atoms with Gasteiger partial charge in [0.2, 0.25) is 0 Å². The normalized spacial score (nSPS) is 12.4. The summed E-state index contributed by atoms with van der Waals surface area (Å²) < 4.78 is 11.0. The maximum atomic E-state index is 5.51. The third kappa shape index (κ3) is 5.52. The number of hydrogen-bond donors (Lipinski definition) is 1. The van der Waals surface area contributed by atoms with Crippen molar-refractivity contribution in [3.8, 4) is 0 Å². The van der Waals surface area contributed by atoms with Crippen LogP contribution in [0.1, 0.15) is 44.5 Å².